The van der Waals surface area contributed by atoms with Crippen LogP contribution in [0.5, 0.6) is 11.5 Å². The molecule has 0 aliphatic heterocycles. The second kappa shape index (κ2) is 10.3. The molecule has 0 aliphatic rings. The highest BCUT2D eigenvalue weighted by atomic mass is 16.5. The van der Waals surface area contributed by atoms with Gasteiger partial charge in [0.1, 0.15) is 0 Å². The molecule has 172 valence electrons. The summed E-state index contributed by atoms with van der Waals surface area (Å²) >= 11 is 0. The van der Waals surface area contributed by atoms with E-state index < -0.39 is 11.8 Å². The molecule has 0 aliphatic carbocycles. The first kappa shape index (κ1) is 22.5. The fourth-order valence-electron chi connectivity index (χ4n) is 3.33. The molecule has 2 N–H and O–H groups in total. The lowest BCUT2D eigenvalue weighted by atomic mass is 10.1. The Morgan fingerprint density at radius 2 is 1.53 bits per heavy atom. The highest BCUT2D eigenvalue weighted by Gasteiger charge is 2.19. The van der Waals surface area contributed by atoms with E-state index in [-0.39, 0.29) is 12.2 Å². The molecule has 0 saturated carbocycles. The van der Waals surface area contributed by atoms with E-state index >= 15 is 0 Å². The summed E-state index contributed by atoms with van der Waals surface area (Å²) in [6.07, 6.45) is 0.0295. The van der Waals surface area contributed by atoms with Gasteiger partial charge in [-0.15, -0.1) is 5.10 Å². The van der Waals surface area contributed by atoms with Crippen molar-refractivity contribution in [2.75, 3.05) is 14.2 Å². The van der Waals surface area contributed by atoms with Crippen molar-refractivity contribution in [2.24, 2.45) is 0 Å². The van der Waals surface area contributed by atoms with Crippen LogP contribution in [0.1, 0.15) is 16.2 Å². The number of carbonyl (C=O) groups is 2. The van der Waals surface area contributed by atoms with E-state index in [2.05, 4.69) is 20.9 Å². The van der Waals surface area contributed by atoms with Gasteiger partial charge in [-0.2, -0.15) is 0 Å². The van der Waals surface area contributed by atoms with Crippen LogP contribution in [0, 0.1) is 0 Å². The summed E-state index contributed by atoms with van der Waals surface area (Å²) in [5.74, 6) is 0.469. The molecule has 0 atom stereocenters. The second-order valence-electron chi connectivity index (χ2n) is 7.24. The number of methoxy groups -OCH3 is 2. The van der Waals surface area contributed by atoms with Gasteiger partial charge in [-0.1, -0.05) is 54.6 Å². The maximum atomic E-state index is 12.7. The Morgan fingerprint density at radius 1 is 0.853 bits per heavy atom. The number of ether oxygens (including phenoxy) is 2. The highest BCUT2D eigenvalue weighted by Crippen LogP contribution is 2.27. The van der Waals surface area contributed by atoms with Crippen LogP contribution >= 0.6 is 0 Å². The first-order valence-corrected chi connectivity index (χ1v) is 10.5. The van der Waals surface area contributed by atoms with Gasteiger partial charge in [0.05, 0.1) is 26.3 Å². The van der Waals surface area contributed by atoms with Crippen LogP contribution in [-0.4, -0.2) is 40.8 Å². The number of amides is 2. The number of aromatic nitrogens is 3. The Morgan fingerprint density at radius 3 is 2.21 bits per heavy atom. The van der Waals surface area contributed by atoms with Crippen LogP contribution < -0.4 is 20.3 Å². The molecule has 2 amide bonds. The molecule has 9 nitrogen and oxygen atoms in total. The minimum Gasteiger partial charge on any atom is -0.493 e. The Bertz CT molecular complexity index is 1230. The predicted molar refractivity (Wildman–Crippen MR) is 126 cm³/mol. The summed E-state index contributed by atoms with van der Waals surface area (Å²) in [4.78, 5) is 29.5. The normalized spacial score (nSPS) is 10.4. The fourth-order valence-corrected chi connectivity index (χ4v) is 3.33. The zero-order valence-corrected chi connectivity index (χ0v) is 18.7. The predicted octanol–water partition coefficient (Wildman–Crippen LogP) is 2.96. The Labute approximate surface area is 196 Å². The minimum atomic E-state index is -0.632. The molecule has 1 aromatic heterocycles. The van der Waals surface area contributed by atoms with Crippen LogP contribution in [0.3, 0.4) is 0 Å². The zero-order valence-electron chi connectivity index (χ0n) is 18.7. The van der Waals surface area contributed by atoms with E-state index in [1.807, 2.05) is 60.7 Å². The molecule has 0 bridgehead atoms. The topological polar surface area (TPSA) is 107 Å². The molecule has 0 fully saturated rings. The average Bonchev–Trinajstić information content (AvgIpc) is 3.34. The molecule has 0 unspecified atom stereocenters. The van der Waals surface area contributed by atoms with Gasteiger partial charge >= 0.3 is 5.91 Å². The van der Waals surface area contributed by atoms with E-state index in [1.165, 1.54) is 14.2 Å². The van der Waals surface area contributed by atoms with Crippen molar-refractivity contribution >= 4 is 11.8 Å². The van der Waals surface area contributed by atoms with E-state index in [0.29, 0.717) is 22.9 Å². The first-order chi connectivity index (χ1) is 16.6. The average molecular weight is 457 g/mol. The number of hydrazine groups is 1. The number of rotatable bonds is 7. The summed E-state index contributed by atoms with van der Waals surface area (Å²) in [5, 5.41) is 4.37. The van der Waals surface area contributed by atoms with Gasteiger partial charge in [-0.05, 0) is 29.8 Å². The highest BCUT2D eigenvalue weighted by molar-refractivity contribution is 5.92. The summed E-state index contributed by atoms with van der Waals surface area (Å²) in [7, 11) is 3.06. The lowest BCUT2D eigenvalue weighted by Gasteiger charge is -2.10. The molecule has 0 spiro atoms. The molecule has 34 heavy (non-hydrogen) atoms. The summed E-state index contributed by atoms with van der Waals surface area (Å²) in [6, 6.07) is 24.0. The van der Waals surface area contributed by atoms with Gasteiger partial charge in [0.25, 0.3) is 0 Å². The standard InChI is InChI=1S/C25H23N5O4/c1-33-20-14-13-17(15-21(20)34-2)16-22(31)27-28-25(32)23-26-24(18-9-5-3-6-10-18)30(29-23)19-11-7-4-8-12-19/h3-15H,16H2,1-2H3,(H,27,31)(H,28,32). The third-order valence-electron chi connectivity index (χ3n) is 4.97. The minimum absolute atomic E-state index is 0.0295. The fraction of sp³-hybridized carbons (Fsp3) is 0.120. The third-order valence-corrected chi connectivity index (χ3v) is 4.97. The van der Waals surface area contributed by atoms with Crippen LogP contribution in [0.4, 0.5) is 0 Å². The van der Waals surface area contributed by atoms with Crippen molar-refractivity contribution in [1.82, 2.24) is 25.6 Å². The monoisotopic (exact) mass is 457 g/mol. The van der Waals surface area contributed by atoms with Crippen molar-refractivity contribution in [3.63, 3.8) is 0 Å². The van der Waals surface area contributed by atoms with E-state index in [0.717, 1.165) is 11.3 Å². The summed E-state index contributed by atoms with van der Waals surface area (Å²) < 4.78 is 12.0. The van der Waals surface area contributed by atoms with E-state index in [4.69, 9.17) is 9.47 Å². The molecule has 1 heterocycles. The van der Waals surface area contributed by atoms with Crippen molar-refractivity contribution in [3.05, 3.63) is 90.3 Å². The van der Waals surface area contributed by atoms with E-state index in [1.54, 1.807) is 22.9 Å². The summed E-state index contributed by atoms with van der Waals surface area (Å²) in [5.41, 5.74) is 7.04. The van der Waals surface area contributed by atoms with E-state index in [9.17, 15) is 9.59 Å². The van der Waals surface area contributed by atoms with Crippen molar-refractivity contribution in [1.29, 1.82) is 0 Å². The molecule has 0 saturated heterocycles. The van der Waals surface area contributed by atoms with Gasteiger partial charge in [0.15, 0.2) is 17.3 Å². The van der Waals surface area contributed by atoms with Crippen LogP contribution in [0.15, 0.2) is 78.9 Å². The van der Waals surface area contributed by atoms with Crippen LogP contribution in [0.25, 0.3) is 17.1 Å². The molecule has 3 aromatic carbocycles. The third kappa shape index (κ3) is 5.04. The number of nitrogens with zero attached hydrogens (tertiary/aromatic N) is 3. The Balaban J connectivity index is 1.48. The molecular weight excluding hydrogens is 434 g/mol. The van der Waals surface area contributed by atoms with Gasteiger partial charge in [-0.25, -0.2) is 9.67 Å². The van der Waals surface area contributed by atoms with Crippen molar-refractivity contribution in [2.45, 2.75) is 6.42 Å². The molecule has 9 heteroatoms. The lowest BCUT2D eigenvalue weighted by Crippen LogP contribution is -2.42. The maximum absolute atomic E-state index is 12.7. The zero-order chi connectivity index (χ0) is 23.9. The number of para-hydroxylation sites is 1. The largest absolute Gasteiger partial charge is 0.493 e. The van der Waals surface area contributed by atoms with Gasteiger partial charge in [0.2, 0.25) is 11.7 Å². The molecule has 0 radical (unpaired) electrons. The van der Waals surface area contributed by atoms with Crippen LogP contribution in [-0.2, 0) is 11.2 Å². The van der Waals surface area contributed by atoms with Gasteiger partial charge in [0, 0.05) is 5.56 Å². The van der Waals surface area contributed by atoms with Crippen LogP contribution in [0.2, 0.25) is 0 Å². The maximum Gasteiger partial charge on any atom is 0.309 e. The Hall–Kier alpha value is -4.66. The number of hydrogen-bond acceptors (Lipinski definition) is 6. The number of hydrogen-bond donors (Lipinski definition) is 2. The van der Waals surface area contributed by atoms with Gasteiger partial charge < -0.3 is 9.47 Å². The van der Waals surface area contributed by atoms with Crippen molar-refractivity contribution in [3.8, 4) is 28.6 Å². The SMILES string of the molecule is COc1ccc(CC(=O)NNC(=O)c2nc(-c3ccccc3)n(-c3ccccc3)n2)cc1OC. The smallest absolute Gasteiger partial charge is 0.309 e. The lowest BCUT2D eigenvalue weighted by molar-refractivity contribution is -0.121. The molecule has 4 rings (SSSR count). The molecular formula is C25H23N5O4. The molecule has 4 aromatic rings. The Kier molecular flexibility index (Phi) is 6.83. The van der Waals surface area contributed by atoms with Crippen molar-refractivity contribution < 1.29 is 19.1 Å². The number of benzene rings is 3. The number of carbonyl (C=O) groups excluding carboxylic acids is 2. The summed E-state index contributed by atoms with van der Waals surface area (Å²) in [6.45, 7) is 0. The first-order valence-electron chi connectivity index (χ1n) is 10.5. The quantitative estimate of drug-likeness (QED) is 0.413. The van der Waals surface area contributed by atoms with Gasteiger partial charge in [-0.3, -0.25) is 20.4 Å². The second-order valence-corrected chi connectivity index (χ2v) is 7.24. The number of nitrogens with one attached hydrogen (secondary N) is 2.